The SMILES string of the molecule is Cc1cc(C)c2cc(C#N)c(NCCNC(=O)c3ccccc3Br)nc2c1. The van der Waals surface area contributed by atoms with Gasteiger partial charge in [0.05, 0.1) is 16.6 Å². The van der Waals surface area contributed by atoms with E-state index in [1.807, 2.05) is 44.2 Å². The largest absolute Gasteiger partial charge is 0.367 e. The number of rotatable bonds is 5. The Balaban J connectivity index is 1.69. The molecule has 0 spiro atoms. The Labute approximate surface area is 166 Å². The van der Waals surface area contributed by atoms with Crippen LogP contribution in [-0.4, -0.2) is 24.0 Å². The average molecular weight is 423 g/mol. The lowest BCUT2D eigenvalue weighted by molar-refractivity contribution is 0.0954. The van der Waals surface area contributed by atoms with Gasteiger partial charge in [0.1, 0.15) is 11.9 Å². The van der Waals surface area contributed by atoms with Crippen molar-refractivity contribution in [2.24, 2.45) is 0 Å². The molecule has 3 aromatic rings. The van der Waals surface area contributed by atoms with Crippen LogP contribution in [0.4, 0.5) is 5.82 Å². The van der Waals surface area contributed by atoms with Gasteiger partial charge in [-0.1, -0.05) is 18.2 Å². The van der Waals surface area contributed by atoms with Gasteiger partial charge in [0, 0.05) is 22.9 Å². The molecule has 2 aromatic carbocycles. The number of nitrogens with zero attached hydrogens (tertiary/aromatic N) is 2. The van der Waals surface area contributed by atoms with Crippen LogP contribution in [0.25, 0.3) is 10.9 Å². The van der Waals surface area contributed by atoms with Crippen molar-refractivity contribution in [3.63, 3.8) is 0 Å². The maximum absolute atomic E-state index is 12.2. The summed E-state index contributed by atoms with van der Waals surface area (Å²) in [6, 6.07) is 15.4. The number of fused-ring (bicyclic) bond motifs is 1. The first-order valence-corrected chi connectivity index (χ1v) is 9.37. The van der Waals surface area contributed by atoms with Crippen molar-refractivity contribution in [2.75, 3.05) is 18.4 Å². The van der Waals surface area contributed by atoms with E-state index in [-0.39, 0.29) is 5.91 Å². The van der Waals surface area contributed by atoms with Crippen LogP contribution < -0.4 is 10.6 Å². The molecule has 0 aliphatic heterocycles. The Morgan fingerprint density at radius 1 is 1.19 bits per heavy atom. The zero-order valence-electron chi connectivity index (χ0n) is 15.1. The van der Waals surface area contributed by atoms with Gasteiger partial charge in [-0.3, -0.25) is 4.79 Å². The van der Waals surface area contributed by atoms with E-state index in [0.29, 0.717) is 30.0 Å². The summed E-state index contributed by atoms with van der Waals surface area (Å²) in [4.78, 5) is 16.8. The lowest BCUT2D eigenvalue weighted by atomic mass is 10.0. The molecule has 136 valence electrons. The Morgan fingerprint density at radius 2 is 1.96 bits per heavy atom. The Bertz CT molecular complexity index is 1060. The van der Waals surface area contributed by atoms with E-state index >= 15 is 0 Å². The lowest BCUT2D eigenvalue weighted by Gasteiger charge is -2.11. The molecule has 0 fully saturated rings. The number of aromatic nitrogens is 1. The topological polar surface area (TPSA) is 77.8 Å². The molecule has 0 saturated heterocycles. The van der Waals surface area contributed by atoms with Crippen molar-refractivity contribution in [3.8, 4) is 6.07 Å². The second kappa shape index (κ2) is 8.19. The third-order valence-corrected chi connectivity index (χ3v) is 4.92. The summed E-state index contributed by atoms with van der Waals surface area (Å²) >= 11 is 3.37. The summed E-state index contributed by atoms with van der Waals surface area (Å²) in [5, 5.41) is 16.4. The van der Waals surface area contributed by atoms with Gasteiger partial charge in [-0.25, -0.2) is 4.98 Å². The summed E-state index contributed by atoms with van der Waals surface area (Å²) in [5.74, 6) is 0.382. The minimum absolute atomic E-state index is 0.150. The first kappa shape index (κ1) is 18.9. The molecule has 0 aliphatic carbocycles. The number of pyridine rings is 1. The van der Waals surface area contributed by atoms with Crippen LogP contribution >= 0.6 is 15.9 Å². The number of aryl methyl sites for hydroxylation is 2. The predicted octanol–water partition coefficient (Wildman–Crippen LogP) is 4.33. The van der Waals surface area contributed by atoms with Crippen LogP contribution in [0.15, 0.2) is 46.9 Å². The van der Waals surface area contributed by atoms with Gasteiger partial charge < -0.3 is 10.6 Å². The quantitative estimate of drug-likeness (QED) is 0.599. The third kappa shape index (κ3) is 4.26. The Hall–Kier alpha value is -2.91. The second-order valence-corrected chi connectivity index (χ2v) is 7.16. The fourth-order valence-electron chi connectivity index (χ4n) is 2.95. The summed E-state index contributed by atoms with van der Waals surface area (Å²) in [6.07, 6.45) is 0. The van der Waals surface area contributed by atoms with Crippen LogP contribution in [0.2, 0.25) is 0 Å². The highest BCUT2D eigenvalue weighted by Gasteiger charge is 2.10. The number of nitriles is 1. The summed E-state index contributed by atoms with van der Waals surface area (Å²) < 4.78 is 0.754. The normalized spacial score (nSPS) is 10.4. The van der Waals surface area contributed by atoms with E-state index in [1.165, 1.54) is 0 Å². The smallest absolute Gasteiger partial charge is 0.252 e. The molecule has 2 N–H and O–H groups in total. The Morgan fingerprint density at radius 3 is 2.70 bits per heavy atom. The molecule has 1 heterocycles. The molecule has 0 bridgehead atoms. The highest BCUT2D eigenvalue weighted by atomic mass is 79.9. The zero-order valence-corrected chi connectivity index (χ0v) is 16.7. The lowest BCUT2D eigenvalue weighted by Crippen LogP contribution is -2.29. The first-order valence-electron chi connectivity index (χ1n) is 8.58. The number of amides is 1. The molecule has 0 atom stereocenters. The maximum Gasteiger partial charge on any atom is 0.252 e. The van der Waals surface area contributed by atoms with Gasteiger partial charge in [0.2, 0.25) is 0 Å². The molecular weight excluding hydrogens is 404 g/mol. The van der Waals surface area contributed by atoms with Gasteiger partial charge in [0.15, 0.2) is 0 Å². The van der Waals surface area contributed by atoms with E-state index < -0.39 is 0 Å². The molecule has 6 heteroatoms. The number of nitrogens with one attached hydrogen (secondary N) is 2. The minimum atomic E-state index is -0.150. The van der Waals surface area contributed by atoms with Gasteiger partial charge in [-0.2, -0.15) is 5.26 Å². The molecule has 0 radical (unpaired) electrons. The minimum Gasteiger partial charge on any atom is -0.367 e. The number of hydrogen-bond donors (Lipinski definition) is 2. The monoisotopic (exact) mass is 422 g/mol. The van der Waals surface area contributed by atoms with Crippen molar-refractivity contribution < 1.29 is 4.79 Å². The van der Waals surface area contributed by atoms with Crippen LogP contribution in [0.1, 0.15) is 27.0 Å². The predicted molar refractivity (Wildman–Crippen MR) is 111 cm³/mol. The molecular formula is C21H19BrN4O. The second-order valence-electron chi connectivity index (χ2n) is 6.31. The van der Waals surface area contributed by atoms with E-state index in [0.717, 1.165) is 26.5 Å². The van der Waals surface area contributed by atoms with Gasteiger partial charge in [0.25, 0.3) is 5.91 Å². The summed E-state index contributed by atoms with van der Waals surface area (Å²) in [7, 11) is 0. The first-order chi connectivity index (χ1) is 13.0. The van der Waals surface area contributed by atoms with Gasteiger partial charge >= 0.3 is 0 Å². The molecule has 0 saturated carbocycles. The fraction of sp³-hybridized carbons (Fsp3) is 0.190. The van der Waals surface area contributed by atoms with Gasteiger partial charge in [-0.05, 0) is 65.2 Å². The van der Waals surface area contributed by atoms with Crippen LogP contribution in [0, 0.1) is 25.2 Å². The van der Waals surface area contributed by atoms with E-state index in [4.69, 9.17) is 0 Å². The van der Waals surface area contributed by atoms with Gasteiger partial charge in [-0.15, -0.1) is 0 Å². The summed E-state index contributed by atoms with van der Waals surface area (Å²) in [6.45, 7) is 4.92. The van der Waals surface area contributed by atoms with E-state index in [9.17, 15) is 10.1 Å². The molecule has 5 nitrogen and oxygen atoms in total. The summed E-state index contributed by atoms with van der Waals surface area (Å²) in [5.41, 5.74) is 4.16. The number of carbonyl (C=O) groups is 1. The number of carbonyl (C=O) groups excluding carboxylic acids is 1. The third-order valence-electron chi connectivity index (χ3n) is 4.23. The average Bonchev–Trinajstić information content (AvgIpc) is 2.64. The van der Waals surface area contributed by atoms with E-state index in [2.05, 4.69) is 43.7 Å². The molecule has 27 heavy (non-hydrogen) atoms. The molecule has 1 amide bonds. The number of halogens is 1. The molecule has 0 unspecified atom stereocenters. The Kier molecular flexibility index (Phi) is 5.72. The van der Waals surface area contributed by atoms with Crippen molar-refractivity contribution in [1.29, 1.82) is 5.26 Å². The van der Waals surface area contributed by atoms with Crippen LogP contribution in [-0.2, 0) is 0 Å². The highest BCUT2D eigenvalue weighted by Crippen LogP contribution is 2.24. The molecule has 0 aliphatic rings. The maximum atomic E-state index is 12.2. The fourth-order valence-corrected chi connectivity index (χ4v) is 3.41. The molecule has 1 aromatic heterocycles. The molecule has 3 rings (SSSR count). The highest BCUT2D eigenvalue weighted by molar-refractivity contribution is 9.10. The van der Waals surface area contributed by atoms with Crippen molar-refractivity contribution in [1.82, 2.24) is 10.3 Å². The van der Waals surface area contributed by atoms with Crippen molar-refractivity contribution in [3.05, 3.63) is 69.2 Å². The number of benzene rings is 2. The zero-order chi connectivity index (χ0) is 19.4. The standard InChI is InChI=1S/C21H19BrN4O/c1-13-9-14(2)17-11-15(12-23)20(26-19(17)10-13)24-7-8-25-21(27)16-5-3-4-6-18(16)22/h3-6,9-11H,7-8H2,1-2H3,(H,24,26)(H,25,27). The van der Waals surface area contributed by atoms with Crippen LogP contribution in [0.5, 0.6) is 0 Å². The van der Waals surface area contributed by atoms with E-state index in [1.54, 1.807) is 6.07 Å². The van der Waals surface area contributed by atoms with Crippen LogP contribution in [0.3, 0.4) is 0 Å². The van der Waals surface area contributed by atoms with Crippen molar-refractivity contribution in [2.45, 2.75) is 13.8 Å². The number of hydrogen-bond acceptors (Lipinski definition) is 4. The number of anilines is 1. The van der Waals surface area contributed by atoms with Crippen molar-refractivity contribution >= 4 is 38.6 Å².